The summed E-state index contributed by atoms with van der Waals surface area (Å²) < 4.78 is 5.20. The summed E-state index contributed by atoms with van der Waals surface area (Å²) in [7, 11) is 1.40. The molecule has 30 heavy (non-hydrogen) atoms. The number of amides is 1. The van der Waals surface area contributed by atoms with Crippen LogP contribution in [0.15, 0.2) is 54.6 Å². The number of hydrogen-bond acceptors (Lipinski definition) is 4. The van der Waals surface area contributed by atoms with Gasteiger partial charge in [-0.3, -0.25) is 9.69 Å². The Labute approximate surface area is 183 Å². The van der Waals surface area contributed by atoms with Gasteiger partial charge in [0.25, 0.3) is 0 Å². The van der Waals surface area contributed by atoms with Crippen LogP contribution >= 0.6 is 11.6 Å². The summed E-state index contributed by atoms with van der Waals surface area (Å²) in [6.45, 7) is 4.17. The molecule has 0 unspecified atom stereocenters. The third kappa shape index (κ3) is 4.85. The maximum atomic E-state index is 13.0. The van der Waals surface area contributed by atoms with Gasteiger partial charge in [0.2, 0.25) is 5.91 Å². The van der Waals surface area contributed by atoms with Gasteiger partial charge in [-0.2, -0.15) is 0 Å². The normalized spacial score (nSPS) is 16.1. The quantitative estimate of drug-likeness (QED) is 0.616. The summed E-state index contributed by atoms with van der Waals surface area (Å²) in [6, 6.07) is 17.3. The van der Waals surface area contributed by atoms with Gasteiger partial charge < -0.3 is 9.64 Å². The predicted octanol–water partition coefficient (Wildman–Crippen LogP) is 4.33. The first-order chi connectivity index (χ1) is 14.5. The van der Waals surface area contributed by atoms with Crippen LogP contribution < -0.4 is 4.90 Å². The Hall–Kier alpha value is -2.37. The van der Waals surface area contributed by atoms with Crippen molar-refractivity contribution in [2.24, 2.45) is 0 Å². The third-order valence-electron chi connectivity index (χ3n) is 5.87. The maximum Gasteiger partial charge on any atom is 0.332 e. The maximum absolute atomic E-state index is 13.0. The first kappa shape index (κ1) is 22.3. The molecule has 1 aliphatic heterocycles. The Morgan fingerprint density at radius 3 is 2.27 bits per heavy atom. The zero-order chi connectivity index (χ0) is 21.6. The summed E-state index contributed by atoms with van der Waals surface area (Å²) in [5.41, 5.74) is 1.00. The van der Waals surface area contributed by atoms with Crippen LogP contribution in [-0.4, -0.2) is 49.1 Å². The topological polar surface area (TPSA) is 49.9 Å². The van der Waals surface area contributed by atoms with Crippen molar-refractivity contribution >= 4 is 29.2 Å². The number of halogens is 1. The summed E-state index contributed by atoms with van der Waals surface area (Å²) in [5, 5.41) is 0.737. The molecule has 0 bridgehead atoms. The first-order valence-electron chi connectivity index (χ1n) is 10.4. The zero-order valence-electron chi connectivity index (χ0n) is 17.6. The van der Waals surface area contributed by atoms with Crippen LogP contribution in [0.1, 0.15) is 31.7 Å². The Morgan fingerprint density at radius 1 is 1.07 bits per heavy atom. The molecule has 1 fully saturated rings. The second-order valence-corrected chi connectivity index (χ2v) is 8.10. The lowest BCUT2D eigenvalue weighted by Gasteiger charge is -2.46. The van der Waals surface area contributed by atoms with Crippen LogP contribution in [0.5, 0.6) is 0 Å². The number of anilines is 1. The molecule has 1 heterocycles. The van der Waals surface area contributed by atoms with Crippen molar-refractivity contribution in [3.63, 3.8) is 0 Å². The molecule has 160 valence electrons. The highest BCUT2D eigenvalue weighted by molar-refractivity contribution is 6.30. The number of ether oxygens (including phenoxy) is 1. The molecule has 0 spiro atoms. The second-order valence-electron chi connectivity index (χ2n) is 7.66. The molecular formula is C24H29ClN2O3. The fourth-order valence-corrected chi connectivity index (χ4v) is 4.28. The SMILES string of the molecule is CCC(=O)N(c1ccccc1)C1(C(=O)OC)CCN(CCc2ccc(Cl)cc2)CC1. The van der Waals surface area contributed by atoms with E-state index in [4.69, 9.17) is 16.3 Å². The average molecular weight is 429 g/mol. The Balaban J connectivity index is 1.77. The van der Waals surface area contributed by atoms with Crippen LogP contribution in [0, 0.1) is 0 Å². The van der Waals surface area contributed by atoms with Crippen LogP contribution in [0.4, 0.5) is 5.69 Å². The van der Waals surface area contributed by atoms with Crippen LogP contribution in [-0.2, 0) is 20.7 Å². The summed E-state index contributed by atoms with van der Waals surface area (Å²) >= 11 is 5.97. The van der Waals surface area contributed by atoms with E-state index < -0.39 is 5.54 Å². The van der Waals surface area contributed by atoms with Gasteiger partial charge in [0.15, 0.2) is 0 Å². The number of nitrogens with zero attached hydrogens (tertiary/aromatic N) is 2. The summed E-state index contributed by atoms with van der Waals surface area (Å²) in [6.07, 6.45) is 2.33. The Bertz CT molecular complexity index is 847. The fourth-order valence-electron chi connectivity index (χ4n) is 4.16. The van der Waals surface area contributed by atoms with Crippen molar-refractivity contribution in [3.8, 4) is 0 Å². The molecule has 0 radical (unpaired) electrons. The third-order valence-corrected chi connectivity index (χ3v) is 6.12. The molecule has 0 N–H and O–H groups in total. The van der Waals surface area contributed by atoms with E-state index in [0.29, 0.717) is 19.3 Å². The van der Waals surface area contributed by atoms with E-state index in [2.05, 4.69) is 4.90 Å². The fraction of sp³-hybridized carbons (Fsp3) is 0.417. The van der Waals surface area contributed by atoms with Crippen LogP contribution in [0.3, 0.4) is 0 Å². The van der Waals surface area contributed by atoms with Crippen molar-refractivity contribution in [3.05, 3.63) is 65.2 Å². The number of para-hydroxylation sites is 1. The molecule has 0 aliphatic carbocycles. The second kappa shape index (κ2) is 10.1. The predicted molar refractivity (Wildman–Crippen MR) is 120 cm³/mol. The number of likely N-dealkylation sites (tertiary alicyclic amines) is 1. The van der Waals surface area contributed by atoms with E-state index in [1.807, 2.05) is 61.5 Å². The highest BCUT2D eigenvalue weighted by Crippen LogP contribution is 2.35. The monoisotopic (exact) mass is 428 g/mol. The number of carbonyl (C=O) groups excluding carboxylic acids is 2. The van der Waals surface area contributed by atoms with Crippen molar-refractivity contribution in [2.75, 3.05) is 31.6 Å². The first-order valence-corrected chi connectivity index (χ1v) is 10.8. The Kier molecular flexibility index (Phi) is 7.51. The standard InChI is InChI=1S/C24H29ClN2O3/c1-3-22(28)27(21-7-5-4-6-8-21)24(23(29)30-2)14-17-26(18-15-24)16-13-19-9-11-20(25)12-10-19/h4-12H,3,13-18H2,1-2H3. The van der Waals surface area contributed by atoms with Crippen molar-refractivity contribution in [1.82, 2.24) is 4.90 Å². The van der Waals surface area contributed by atoms with Gasteiger partial charge in [-0.1, -0.05) is 48.9 Å². The van der Waals surface area contributed by atoms with E-state index >= 15 is 0 Å². The Morgan fingerprint density at radius 2 is 1.70 bits per heavy atom. The lowest BCUT2D eigenvalue weighted by Crippen LogP contribution is -2.62. The van der Waals surface area contributed by atoms with Crippen molar-refractivity contribution < 1.29 is 14.3 Å². The van der Waals surface area contributed by atoms with Crippen molar-refractivity contribution in [2.45, 2.75) is 38.1 Å². The number of hydrogen-bond donors (Lipinski definition) is 0. The number of rotatable bonds is 7. The number of benzene rings is 2. The van der Waals surface area contributed by atoms with Gasteiger partial charge in [0.1, 0.15) is 5.54 Å². The van der Waals surface area contributed by atoms with Gasteiger partial charge in [0, 0.05) is 36.8 Å². The van der Waals surface area contributed by atoms with E-state index in [0.717, 1.165) is 36.8 Å². The van der Waals surface area contributed by atoms with Crippen LogP contribution in [0.25, 0.3) is 0 Å². The van der Waals surface area contributed by atoms with Crippen molar-refractivity contribution in [1.29, 1.82) is 0 Å². The summed E-state index contributed by atoms with van der Waals surface area (Å²) in [4.78, 5) is 30.0. The number of piperidine rings is 1. The highest BCUT2D eigenvalue weighted by Gasteiger charge is 2.49. The number of carbonyl (C=O) groups is 2. The van der Waals surface area contributed by atoms with E-state index in [-0.39, 0.29) is 11.9 Å². The highest BCUT2D eigenvalue weighted by atomic mass is 35.5. The lowest BCUT2D eigenvalue weighted by atomic mass is 9.84. The molecule has 5 nitrogen and oxygen atoms in total. The molecule has 1 saturated heterocycles. The molecule has 6 heteroatoms. The number of esters is 1. The van der Waals surface area contributed by atoms with Gasteiger partial charge in [0.05, 0.1) is 7.11 Å². The molecule has 0 saturated carbocycles. The molecule has 1 amide bonds. The molecule has 2 aromatic rings. The molecule has 0 aromatic heterocycles. The van der Waals surface area contributed by atoms with Gasteiger partial charge >= 0.3 is 5.97 Å². The van der Waals surface area contributed by atoms with Gasteiger partial charge in [-0.25, -0.2) is 4.79 Å². The minimum absolute atomic E-state index is 0.0683. The number of methoxy groups -OCH3 is 1. The minimum atomic E-state index is -0.972. The average Bonchev–Trinajstić information content (AvgIpc) is 2.79. The summed E-state index contributed by atoms with van der Waals surface area (Å²) in [5.74, 6) is -0.410. The molecular weight excluding hydrogens is 400 g/mol. The molecule has 2 aromatic carbocycles. The van der Waals surface area contributed by atoms with E-state index in [1.54, 1.807) is 4.90 Å². The molecule has 1 aliphatic rings. The lowest BCUT2D eigenvalue weighted by molar-refractivity contribution is -0.151. The smallest absolute Gasteiger partial charge is 0.332 e. The van der Waals surface area contributed by atoms with E-state index in [1.165, 1.54) is 12.7 Å². The van der Waals surface area contributed by atoms with Crippen LogP contribution in [0.2, 0.25) is 5.02 Å². The zero-order valence-corrected chi connectivity index (χ0v) is 18.4. The van der Waals surface area contributed by atoms with Gasteiger partial charge in [-0.15, -0.1) is 0 Å². The van der Waals surface area contributed by atoms with E-state index in [9.17, 15) is 9.59 Å². The minimum Gasteiger partial charge on any atom is -0.467 e. The largest absolute Gasteiger partial charge is 0.467 e. The molecule has 0 atom stereocenters. The molecule has 3 rings (SSSR count). The van der Waals surface area contributed by atoms with Gasteiger partial charge in [-0.05, 0) is 49.1 Å².